The van der Waals surface area contributed by atoms with E-state index in [9.17, 15) is 14.9 Å². The Morgan fingerprint density at radius 3 is 2.28 bits per heavy atom. The molecule has 0 saturated carbocycles. The van der Waals surface area contributed by atoms with Crippen LogP contribution in [-0.2, 0) is 0 Å². The number of aromatic nitrogens is 2. The fourth-order valence-electron chi connectivity index (χ4n) is 3.92. The summed E-state index contributed by atoms with van der Waals surface area (Å²) >= 11 is 0. The average molecular weight is 434 g/mol. The van der Waals surface area contributed by atoms with Crippen LogP contribution in [0.25, 0.3) is 16.9 Å². The molecular formula is C24H27N5O3. The minimum atomic E-state index is -0.438. The third-order valence-electron chi connectivity index (χ3n) is 6.14. The van der Waals surface area contributed by atoms with Crippen molar-refractivity contribution in [3.05, 3.63) is 75.5 Å². The predicted molar refractivity (Wildman–Crippen MR) is 123 cm³/mol. The maximum absolute atomic E-state index is 13.5. The fraction of sp³-hybridized carbons (Fsp3) is 0.333. The van der Waals surface area contributed by atoms with Gasteiger partial charge in [0.05, 0.1) is 16.3 Å². The molecular weight excluding hydrogens is 406 g/mol. The number of likely N-dealkylation sites (N-methyl/N-ethyl adjacent to an activating group) is 1. The molecule has 0 aliphatic carbocycles. The van der Waals surface area contributed by atoms with Gasteiger partial charge in [-0.2, -0.15) is 5.10 Å². The monoisotopic (exact) mass is 433 g/mol. The Morgan fingerprint density at radius 2 is 1.69 bits per heavy atom. The first-order valence-corrected chi connectivity index (χ1v) is 10.8. The zero-order valence-electron chi connectivity index (χ0n) is 18.6. The van der Waals surface area contributed by atoms with E-state index < -0.39 is 4.92 Å². The van der Waals surface area contributed by atoms with Crippen LogP contribution in [0, 0.1) is 24.0 Å². The van der Waals surface area contributed by atoms with Crippen LogP contribution in [0.2, 0.25) is 0 Å². The van der Waals surface area contributed by atoms with Gasteiger partial charge < -0.3 is 9.80 Å². The molecule has 166 valence electrons. The molecule has 0 bridgehead atoms. The summed E-state index contributed by atoms with van der Waals surface area (Å²) in [5.74, 6) is -0.0818. The number of rotatable bonds is 5. The van der Waals surface area contributed by atoms with Gasteiger partial charge in [-0.1, -0.05) is 19.1 Å². The summed E-state index contributed by atoms with van der Waals surface area (Å²) < 4.78 is 1.60. The molecule has 1 aromatic heterocycles. The van der Waals surface area contributed by atoms with Crippen LogP contribution in [0.4, 0.5) is 5.69 Å². The Labute approximate surface area is 187 Å². The van der Waals surface area contributed by atoms with E-state index in [0.29, 0.717) is 30.2 Å². The molecule has 8 nitrogen and oxygen atoms in total. The molecule has 0 radical (unpaired) electrons. The molecule has 2 aromatic carbocycles. The number of carbonyl (C=O) groups is 1. The van der Waals surface area contributed by atoms with E-state index in [4.69, 9.17) is 5.10 Å². The van der Waals surface area contributed by atoms with Crippen LogP contribution in [0.15, 0.2) is 48.5 Å². The van der Waals surface area contributed by atoms with Crippen molar-refractivity contribution in [2.24, 2.45) is 0 Å². The number of carbonyl (C=O) groups excluding carboxylic acids is 1. The van der Waals surface area contributed by atoms with E-state index in [-0.39, 0.29) is 11.6 Å². The Bertz CT molecular complexity index is 1140. The van der Waals surface area contributed by atoms with Crippen LogP contribution in [-0.4, -0.2) is 63.1 Å². The maximum atomic E-state index is 13.5. The Balaban J connectivity index is 1.74. The van der Waals surface area contributed by atoms with E-state index in [1.807, 2.05) is 30.0 Å². The van der Waals surface area contributed by atoms with Gasteiger partial charge in [0.25, 0.3) is 11.6 Å². The van der Waals surface area contributed by atoms with Gasteiger partial charge in [-0.15, -0.1) is 0 Å². The van der Waals surface area contributed by atoms with Gasteiger partial charge in [-0.25, -0.2) is 4.68 Å². The highest BCUT2D eigenvalue weighted by Crippen LogP contribution is 2.26. The standard InChI is InChI=1S/C24H27N5O3/c1-4-26-11-13-27(14-12-26)24(30)23-16-22(19-6-5-17(2)18(3)15-19)25-28(23)20-7-9-21(10-8-20)29(31)32/h5-10,15-16H,4,11-14H2,1-3H3. The number of aryl methyl sites for hydroxylation is 2. The second-order valence-corrected chi connectivity index (χ2v) is 8.13. The number of hydrogen-bond acceptors (Lipinski definition) is 5. The summed E-state index contributed by atoms with van der Waals surface area (Å²) in [6, 6.07) is 14.0. The van der Waals surface area contributed by atoms with Crippen molar-refractivity contribution in [1.29, 1.82) is 0 Å². The summed E-state index contributed by atoms with van der Waals surface area (Å²) in [5.41, 5.74) is 5.03. The Kier molecular flexibility index (Phi) is 6.05. The largest absolute Gasteiger partial charge is 0.335 e. The molecule has 1 fully saturated rings. The van der Waals surface area contributed by atoms with Gasteiger partial charge >= 0.3 is 0 Å². The Hall–Kier alpha value is -3.52. The quantitative estimate of drug-likeness (QED) is 0.451. The smallest absolute Gasteiger partial charge is 0.272 e. The highest BCUT2D eigenvalue weighted by Gasteiger charge is 2.26. The van der Waals surface area contributed by atoms with Crippen molar-refractivity contribution in [3.63, 3.8) is 0 Å². The van der Waals surface area contributed by atoms with Gasteiger partial charge in [0.1, 0.15) is 5.69 Å². The number of benzene rings is 2. The molecule has 0 spiro atoms. The highest BCUT2D eigenvalue weighted by atomic mass is 16.6. The second kappa shape index (κ2) is 8.92. The van der Waals surface area contributed by atoms with E-state index in [1.165, 1.54) is 17.7 Å². The number of nitrogens with zero attached hydrogens (tertiary/aromatic N) is 5. The molecule has 32 heavy (non-hydrogen) atoms. The summed E-state index contributed by atoms with van der Waals surface area (Å²) in [4.78, 5) is 28.3. The number of nitro groups is 1. The fourth-order valence-corrected chi connectivity index (χ4v) is 3.92. The molecule has 3 aromatic rings. The first kappa shape index (κ1) is 21.7. The molecule has 2 heterocycles. The number of hydrogen-bond donors (Lipinski definition) is 0. The normalized spacial score (nSPS) is 14.5. The minimum absolute atomic E-state index is 0.00106. The molecule has 0 unspecified atom stereocenters. The lowest BCUT2D eigenvalue weighted by atomic mass is 10.0. The van der Waals surface area contributed by atoms with Gasteiger partial charge in [-0.05, 0) is 55.8 Å². The molecule has 4 rings (SSSR count). The zero-order valence-corrected chi connectivity index (χ0v) is 18.6. The maximum Gasteiger partial charge on any atom is 0.272 e. The average Bonchev–Trinajstić information content (AvgIpc) is 3.26. The molecule has 1 amide bonds. The summed E-state index contributed by atoms with van der Waals surface area (Å²) in [6.07, 6.45) is 0. The highest BCUT2D eigenvalue weighted by molar-refractivity contribution is 5.94. The molecule has 1 aliphatic heterocycles. The lowest BCUT2D eigenvalue weighted by molar-refractivity contribution is -0.384. The van der Waals surface area contributed by atoms with Crippen LogP contribution >= 0.6 is 0 Å². The third-order valence-corrected chi connectivity index (χ3v) is 6.14. The van der Waals surface area contributed by atoms with Crippen molar-refractivity contribution >= 4 is 11.6 Å². The van der Waals surface area contributed by atoms with Crippen molar-refractivity contribution < 1.29 is 9.72 Å². The van der Waals surface area contributed by atoms with E-state index >= 15 is 0 Å². The number of nitro benzene ring substituents is 1. The second-order valence-electron chi connectivity index (χ2n) is 8.13. The van der Waals surface area contributed by atoms with Crippen molar-refractivity contribution in [3.8, 4) is 16.9 Å². The predicted octanol–water partition coefficient (Wildman–Crippen LogP) is 3.84. The van der Waals surface area contributed by atoms with E-state index in [0.717, 1.165) is 30.8 Å². The SMILES string of the molecule is CCN1CCN(C(=O)c2cc(-c3ccc(C)c(C)c3)nn2-c2ccc([N+](=O)[O-])cc2)CC1. The summed E-state index contributed by atoms with van der Waals surface area (Å²) in [6.45, 7) is 10.2. The van der Waals surface area contributed by atoms with Crippen LogP contribution in [0.1, 0.15) is 28.5 Å². The van der Waals surface area contributed by atoms with Gasteiger partial charge in [0.15, 0.2) is 0 Å². The van der Waals surface area contributed by atoms with Gasteiger partial charge in [0, 0.05) is 43.9 Å². The minimum Gasteiger partial charge on any atom is -0.335 e. The number of piperazine rings is 1. The molecule has 0 N–H and O–H groups in total. The van der Waals surface area contributed by atoms with Gasteiger partial charge in [-0.3, -0.25) is 14.9 Å². The molecule has 1 aliphatic rings. The molecule has 8 heteroatoms. The third kappa shape index (κ3) is 4.27. The lowest BCUT2D eigenvalue weighted by Gasteiger charge is -2.34. The number of non-ortho nitro benzene ring substituents is 1. The lowest BCUT2D eigenvalue weighted by Crippen LogP contribution is -2.48. The van der Waals surface area contributed by atoms with E-state index in [2.05, 4.69) is 24.8 Å². The van der Waals surface area contributed by atoms with Gasteiger partial charge in [0.2, 0.25) is 0 Å². The van der Waals surface area contributed by atoms with Crippen molar-refractivity contribution in [2.45, 2.75) is 20.8 Å². The molecule has 0 atom stereocenters. The van der Waals surface area contributed by atoms with Crippen LogP contribution < -0.4 is 0 Å². The first-order chi connectivity index (χ1) is 15.4. The molecule has 1 saturated heterocycles. The van der Waals surface area contributed by atoms with Crippen LogP contribution in [0.3, 0.4) is 0 Å². The number of amides is 1. The summed E-state index contributed by atoms with van der Waals surface area (Å²) in [7, 11) is 0. The van der Waals surface area contributed by atoms with Crippen molar-refractivity contribution in [2.75, 3.05) is 32.7 Å². The van der Waals surface area contributed by atoms with E-state index in [1.54, 1.807) is 16.8 Å². The van der Waals surface area contributed by atoms with Crippen LogP contribution in [0.5, 0.6) is 0 Å². The zero-order chi connectivity index (χ0) is 22.8. The summed E-state index contributed by atoms with van der Waals surface area (Å²) in [5, 5.41) is 15.8. The van der Waals surface area contributed by atoms with Crippen molar-refractivity contribution in [1.82, 2.24) is 19.6 Å². The Morgan fingerprint density at radius 1 is 1.00 bits per heavy atom. The topological polar surface area (TPSA) is 84.5 Å². The first-order valence-electron chi connectivity index (χ1n) is 10.8.